The first kappa shape index (κ1) is 12.9. The number of hydrogen-bond acceptors (Lipinski definition) is 5. The van der Waals surface area contributed by atoms with Crippen molar-refractivity contribution in [3.05, 3.63) is 24.0 Å². The third-order valence-electron chi connectivity index (χ3n) is 1.48. The van der Waals surface area contributed by atoms with Gasteiger partial charge in [0.2, 0.25) is 0 Å². The third kappa shape index (κ3) is 4.92. The molecule has 2 N–H and O–H groups in total. The number of aromatic nitrogens is 2. The van der Waals surface area contributed by atoms with Crippen molar-refractivity contribution in [1.29, 1.82) is 0 Å². The molecule has 0 saturated carbocycles. The molecular formula is C10H14N4O3. The van der Waals surface area contributed by atoms with Crippen LogP contribution >= 0.6 is 0 Å². The lowest BCUT2D eigenvalue weighted by Gasteiger charge is -2.19. The number of carbonyl (C=O) groups excluding carboxylic acids is 2. The largest absolute Gasteiger partial charge is 0.443 e. The van der Waals surface area contributed by atoms with Crippen LogP contribution in [0.1, 0.15) is 31.3 Å². The molecule has 7 nitrogen and oxygen atoms in total. The minimum atomic E-state index is -0.741. The monoisotopic (exact) mass is 238 g/mol. The van der Waals surface area contributed by atoms with Crippen molar-refractivity contribution in [2.24, 2.45) is 0 Å². The number of rotatable bonds is 1. The van der Waals surface area contributed by atoms with Gasteiger partial charge in [-0.15, -0.1) is 5.10 Å². The van der Waals surface area contributed by atoms with Crippen molar-refractivity contribution in [3.63, 3.8) is 0 Å². The number of ether oxygens (including phenoxy) is 1. The molecule has 0 aliphatic heterocycles. The molecule has 0 radical (unpaired) electrons. The number of nitrogens with zero attached hydrogens (tertiary/aromatic N) is 2. The predicted molar refractivity (Wildman–Crippen MR) is 58.9 cm³/mol. The quantitative estimate of drug-likeness (QED) is 0.700. The molecule has 92 valence electrons. The van der Waals surface area contributed by atoms with Gasteiger partial charge in [0.1, 0.15) is 5.60 Å². The van der Waals surface area contributed by atoms with Gasteiger partial charge in [0.15, 0.2) is 5.69 Å². The Bertz CT molecular complexity index is 400. The van der Waals surface area contributed by atoms with Gasteiger partial charge >= 0.3 is 6.09 Å². The molecule has 7 heteroatoms. The van der Waals surface area contributed by atoms with E-state index in [9.17, 15) is 9.59 Å². The van der Waals surface area contributed by atoms with Gasteiger partial charge in [-0.25, -0.2) is 10.2 Å². The van der Waals surface area contributed by atoms with Crippen LogP contribution in [0.4, 0.5) is 4.79 Å². The summed E-state index contributed by atoms with van der Waals surface area (Å²) in [5.41, 5.74) is 3.74. The summed E-state index contributed by atoms with van der Waals surface area (Å²) in [6.45, 7) is 5.16. The maximum Gasteiger partial charge on any atom is 0.426 e. The first-order valence-electron chi connectivity index (χ1n) is 4.95. The van der Waals surface area contributed by atoms with Crippen LogP contribution in [-0.2, 0) is 4.74 Å². The highest BCUT2D eigenvalue weighted by Gasteiger charge is 2.16. The highest BCUT2D eigenvalue weighted by Crippen LogP contribution is 2.05. The molecular weight excluding hydrogens is 224 g/mol. The summed E-state index contributed by atoms with van der Waals surface area (Å²) in [5.74, 6) is -0.566. The summed E-state index contributed by atoms with van der Waals surface area (Å²) < 4.78 is 4.92. The molecule has 0 bridgehead atoms. The van der Waals surface area contributed by atoms with Gasteiger partial charge in [0, 0.05) is 6.20 Å². The highest BCUT2D eigenvalue weighted by atomic mass is 16.6. The molecule has 17 heavy (non-hydrogen) atoms. The molecule has 0 atom stereocenters. The standard InChI is InChI=1S/C10H14N4O3/c1-10(2,3)17-9(16)14-13-8(15)7-5-4-6-11-12-7/h4-6H,1-3H3,(H,13,15)(H,14,16). The topological polar surface area (TPSA) is 93.2 Å². The summed E-state index contributed by atoms with van der Waals surface area (Å²) in [7, 11) is 0. The van der Waals surface area contributed by atoms with E-state index < -0.39 is 17.6 Å². The normalized spacial score (nSPS) is 10.5. The molecule has 0 spiro atoms. The van der Waals surface area contributed by atoms with Crippen molar-refractivity contribution in [2.75, 3.05) is 0 Å². The second kappa shape index (κ2) is 5.24. The number of hydrogen-bond donors (Lipinski definition) is 2. The highest BCUT2D eigenvalue weighted by molar-refractivity contribution is 5.92. The van der Waals surface area contributed by atoms with Gasteiger partial charge in [0.25, 0.3) is 5.91 Å². The maximum absolute atomic E-state index is 11.4. The molecule has 1 aromatic heterocycles. The van der Waals surface area contributed by atoms with E-state index in [2.05, 4.69) is 21.0 Å². The average Bonchev–Trinajstić information content (AvgIpc) is 2.25. The van der Waals surface area contributed by atoms with E-state index in [-0.39, 0.29) is 5.69 Å². The second-order valence-electron chi connectivity index (χ2n) is 4.19. The number of nitrogens with one attached hydrogen (secondary N) is 2. The molecule has 0 fully saturated rings. The molecule has 2 amide bonds. The van der Waals surface area contributed by atoms with E-state index in [1.165, 1.54) is 12.3 Å². The van der Waals surface area contributed by atoms with Crippen LogP contribution in [0, 0.1) is 0 Å². The smallest absolute Gasteiger partial charge is 0.426 e. The minimum absolute atomic E-state index is 0.101. The molecule has 0 aliphatic rings. The summed E-state index contributed by atoms with van der Waals surface area (Å²) in [4.78, 5) is 22.6. The second-order valence-corrected chi connectivity index (χ2v) is 4.19. The van der Waals surface area contributed by atoms with Crippen LogP contribution in [0.3, 0.4) is 0 Å². The van der Waals surface area contributed by atoms with Gasteiger partial charge in [-0.1, -0.05) is 0 Å². The third-order valence-corrected chi connectivity index (χ3v) is 1.48. The fraction of sp³-hybridized carbons (Fsp3) is 0.400. The van der Waals surface area contributed by atoms with Crippen molar-refractivity contribution in [1.82, 2.24) is 21.0 Å². The fourth-order valence-electron chi connectivity index (χ4n) is 0.898. The van der Waals surface area contributed by atoms with Gasteiger partial charge in [-0.2, -0.15) is 5.10 Å². The van der Waals surface area contributed by atoms with Crippen LogP contribution < -0.4 is 10.9 Å². The molecule has 0 saturated heterocycles. The Balaban J connectivity index is 2.42. The summed E-state index contributed by atoms with van der Waals surface area (Å²) in [5, 5.41) is 7.11. The summed E-state index contributed by atoms with van der Waals surface area (Å²) >= 11 is 0. The molecule has 1 rings (SSSR count). The fourth-order valence-corrected chi connectivity index (χ4v) is 0.898. The Morgan fingerprint density at radius 1 is 1.29 bits per heavy atom. The Labute approximate surface area is 98.5 Å². The van der Waals surface area contributed by atoms with Crippen LogP contribution in [-0.4, -0.2) is 27.8 Å². The van der Waals surface area contributed by atoms with Crippen molar-refractivity contribution in [2.45, 2.75) is 26.4 Å². The Kier molecular flexibility index (Phi) is 3.97. The number of carbonyl (C=O) groups is 2. The van der Waals surface area contributed by atoms with Gasteiger partial charge in [0.05, 0.1) is 0 Å². The zero-order valence-electron chi connectivity index (χ0n) is 9.85. The molecule has 1 heterocycles. The van der Waals surface area contributed by atoms with Gasteiger partial charge < -0.3 is 4.74 Å². The van der Waals surface area contributed by atoms with E-state index in [1.54, 1.807) is 26.8 Å². The SMILES string of the molecule is CC(C)(C)OC(=O)NNC(=O)c1cccnn1. The zero-order chi connectivity index (χ0) is 12.9. The maximum atomic E-state index is 11.4. The van der Waals surface area contributed by atoms with Crippen molar-refractivity contribution in [3.8, 4) is 0 Å². The van der Waals surface area contributed by atoms with E-state index >= 15 is 0 Å². The van der Waals surface area contributed by atoms with Crippen LogP contribution in [0.5, 0.6) is 0 Å². The lowest BCUT2D eigenvalue weighted by molar-refractivity contribution is 0.0483. The van der Waals surface area contributed by atoms with E-state index in [0.29, 0.717) is 0 Å². The van der Waals surface area contributed by atoms with Crippen LogP contribution in [0.2, 0.25) is 0 Å². The Hall–Kier alpha value is -2.18. The van der Waals surface area contributed by atoms with Crippen molar-refractivity contribution >= 4 is 12.0 Å². The first-order valence-corrected chi connectivity index (χ1v) is 4.95. The Morgan fingerprint density at radius 2 is 2.00 bits per heavy atom. The van der Waals surface area contributed by atoms with E-state index in [0.717, 1.165) is 0 Å². The van der Waals surface area contributed by atoms with Gasteiger partial charge in [-0.3, -0.25) is 10.2 Å². The van der Waals surface area contributed by atoms with Gasteiger partial charge in [-0.05, 0) is 32.9 Å². The lowest BCUT2D eigenvalue weighted by Crippen LogP contribution is -2.44. The first-order chi connectivity index (χ1) is 7.88. The minimum Gasteiger partial charge on any atom is -0.443 e. The van der Waals surface area contributed by atoms with E-state index in [1.807, 2.05) is 0 Å². The van der Waals surface area contributed by atoms with E-state index in [4.69, 9.17) is 4.74 Å². The van der Waals surface area contributed by atoms with Crippen LogP contribution in [0.15, 0.2) is 18.3 Å². The zero-order valence-corrected chi connectivity index (χ0v) is 9.85. The molecule has 0 unspecified atom stereocenters. The van der Waals surface area contributed by atoms with Crippen LogP contribution in [0.25, 0.3) is 0 Å². The summed E-state index contributed by atoms with van der Waals surface area (Å²) in [6, 6.07) is 3.04. The molecule has 1 aromatic rings. The number of amides is 2. The summed E-state index contributed by atoms with van der Waals surface area (Å²) in [6.07, 6.45) is 0.702. The Morgan fingerprint density at radius 3 is 2.53 bits per heavy atom. The number of hydrazine groups is 1. The molecule has 0 aromatic carbocycles. The molecule has 0 aliphatic carbocycles. The lowest BCUT2D eigenvalue weighted by atomic mass is 10.2. The average molecular weight is 238 g/mol. The van der Waals surface area contributed by atoms with Crippen molar-refractivity contribution < 1.29 is 14.3 Å². The predicted octanol–water partition coefficient (Wildman–Crippen LogP) is 0.646.